The molecule has 1 unspecified atom stereocenters. The number of ether oxygens (including phenoxy) is 1. The van der Waals surface area contributed by atoms with Gasteiger partial charge in [0.05, 0.1) is 13.2 Å². The highest BCUT2D eigenvalue weighted by Crippen LogP contribution is 2.11. The predicted octanol–water partition coefficient (Wildman–Crippen LogP) is 1.19. The average Bonchev–Trinajstić information content (AvgIpc) is 2.42. The Morgan fingerprint density at radius 1 is 1.47 bits per heavy atom. The molecular formula is C12H20N2O4S. The van der Waals surface area contributed by atoms with Gasteiger partial charge in [0.1, 0.15) is 6.04 Å². The number of thioether (sulfide) groups is 1. The number of urea groups is 1. The lowest BCUT2D eigenvalue weighted by Gasteiger charge is -2.16. The quantitative estimate of drug-likeness (QED) is 0.683. The van der Waals surface area contributed by atoms with Crippen molar-refractivity contribution < 1.29 is 19.4 Å². The molecular weight excluding hydrogens is 268 g/mol. The van der Waals surface area contributed by atoms with E-state index in [0.29, 0.717) is 25.4 Å². The second-order valence-electron chi connectivity index (χ2n) is 4.21. The van der Waals surface area contributed by atoms with E-state index in [1.54, 1.807) is 18.0 Å². The fourth-order valence-electron chi connectivity index (χ4n) is 1.64. The molecule has 1 rings (SSSR count). The van der Waals surface area contributed by atoms with Crippen LogP contribution in [0.3, 0.4) is 0 Å². The van der Waals surface area contributed by atoms with Crippen molar-refractivity contribution in [1.29, 1.82) is 0 Å². The fraction of sp³-hybridized carbons (Fsp3) is 0.667. The highest BCUT2D eigenvalue weighted by atomic mass is 32.2. The summed E-state index contributed by atoms with van der Waals surface area (Å²) in [6.07, 6.45) is 5.55. The first kappa shape index (κ1) is 15.8. The third kappa shape index (κ3) is 6.49. The van der Waals surface area contributed by atoms with Crippen LogP contribution in [0.5, 0.6) is 0 Å². The first-order chi connectivity index (χ1) is 9.13. The molecule has 1 aliphatic heterocycles. The van der Waals surface area contributed by atoms with Crippen molar-refractivity contribution >= 4 is 23.8 Å². The van der Waals surface area contributed by atoms with E-state index < -0.39 is 18.0 Å². The Kier molecular flexibility index (Phi) is 7.35. The SMILES string of the molecule is CSCCC(NC(=O)NC=C1CCOCC1)C(=O)O. The molecule has 3 N–H and O–H groups in total. The molecule has 7 heteroatoms. The van der Waals surface area contributed by atoms with Gasteiger partial charge in [-0.1, -0.05) is 0 Å². The van der Waals surface area contributed by atoms with Crippen molar-refractivity contribution in [2.75, 3.05) is 25.2 Å². The van der Waals surface area contributed by atoms with Crippen LogP contribution in [0.2, 0.25) is 0 Å². The number of aliphatic carboxylic acids is 1. The number of carbonyl (C=O) groups is 2. The Bertz CT molecular complexity index is 339. The highest BCUT2D eigenvalue weighted by Gasteiger charge is 2.18. The monoisotopic (exact) mass is 288 g/mol. The van der Waals surface area contributed by atoms with Gasteiger partial charge >= 0.3 is 12.0 Å². The van der Waals surface area contributed by atoms with Gasteiger partial charge in [0.25, 0.3) is 0 Å². The molecule has 0 radical (unpaired) electrons. The highest BCUT2D eigenvalue weighted by molar-refractivity contribution is 7.98. The van der Waals surface area contributed by atoms with Crippen molar-refractivity contribution in [1.82, 2.24) is 10.6 Å². The van der Waals surface area contributed by atoms with Crippen LogP contribution < -0.4 is 10.6 Å². The average molecular weight is 288 g/mol. The van der Waals surface area contributed by atoms with Gasteiger partial charge in [-0.05, 0) is 36.8 Å². The van der Waals surface area contributed by atoms with Crippen LogP contribution in [0.4, 0.5) is 4.79 Å². The minimum absolute atomic E-state index is 0.411. The Hall–Kier alpha value is -1.21. The van der Waals surface area contributed by atoms with Crippen LogP contribution in [0.1, 0.15) is 19.3 Å². The molecule has 0 aromatic rings. The standard InChI is InChI=1S/C12H20N2O4S/c1-19-7-4-10(11(15)16)14-12(17)13-8-9-2-5-18-6-3-9/h8,10H,2-7H2,1H3,(H,15,16)(H2,13,14,17). The van der Waals surface area contributed by atoms with Crippen molar-refractivity contribution in [2.45, 2.75) is 25.3 Å². The van der Waals surface area contributed by atoms with E-state index in [1.807, 2.05) is 6.26 Å². The zero-order valence-corrected chi connectivity index (χ0v) is 11.8. The van der Waals surface area contributed by atoms with E-state index >= 15 is 0 Å². The summed E-state index contributed by atoms with van der Waals surface area (Å²) in [7, 11) is 0. The van der Waals surface area contributed by atoms with Gasteiger partial charge in [0.2, 0.25) is 0 Å². The van der Waals surface area contributed by atoms with Gasteiger partial charge in [-0.3, -0.25) is 0 Å². The van der Waals surface area contributed by atoms with Crippen LogP contribution in [0.15, 0.2) is 11.8 Å². The number of hydrogen-bond acceptors (Lipinski definition) is 4. The lowest BCUT2D eigenvalue weighted by atomic mass is 10.1. The summed E-state index contributed by atoms with van der Waals surface area (Å²) in [4.78, 5) is 22.6. The zero-order chi connectivity index (χ0) is 14.1. The molecule has 0 aromatic heterocycles. The molecule has 1 aliphatic rings. The van der Waals surface area contributed by atoms with E-state index in [9.17, 15) is 9.59 Å². The summed E-state index contributed by atoms with van der Waals surface area (Å²) in [5.74, 6) is -0.321. The van der Waals surface area contributed by atoms with Crippen LogP contribution >= 0.6 is 11.8 Å². The first-order valence-corrected chi connectivity index (χ1v) is 7.57. The van der Waals surface area contributed by atoms with E-state index in [2.05, 4.69) is 10.6 Å². The number of carbonyl (C=O) groups excluding carboxylic acids is 1. The lowest BCUT2D eigenvalue weighted by Crippen LogP contribution is -2.45. The van der Waals surface area contributed by atoms with Crippen LogP contribution in [0.25, 0.3) is 0 Å². The van der Waals surface area contributed by atoms with Crippen molar-refractivity contribution in [3.8, 4) is 0 Å². The Morgan fingerprint density at radius 3 is 2.74 bits per heavy atom. The third-order valence-electron chi connectivity index (χ3n) is 2.76. The summed E-state index contributed by atoms with van der Waals surface area (Å²) in [5.41, 5.74) is 1.11. The summed E-state index contributed by atoms with van der Waals surface area (Å²) in [5, 5.41) is 14.0. The molecule has 0 bridgehead atoms. The predicted molar refractivity (Wildman–Crippen MR) is 74.2 cm³/mol. The van der Waals surface area contributed by atoms with Crippen LogP contribution in [-0.2, 0) is 9.53 Å². The molecule has 108 valence electrons. The van der Waals surface area contributed by atoms with Gasteiger partial charge in [0, 0.05) is 6.20 Å². The number of carboxylic acid groups (broad SMARTS) is 1. The smallest absolute Gasteiger partial charge is 0.326 e. The van der Waals surface area contributed by atoms with E-state index in [4.69, 9.17) is 9.84 Å². The normalized spacial score (nSPS) is 16.6. The van der Waals surface area contributed by atoms with Crippen LogP contribution in [-0.4, -0.2) is 48.4 Å². The lowest BCUT2D eigenvalue weighted by molar-refractivity contribution is -0.139. The number of carboxylic acids is 1. The van der Waals surface area contributed by atoms with E-state index in [0.717, 1.165) is 18.4 Å². The maximum absolute atomic E-state index is 11.6. The molecule has 1 fully saturated rings. The third-order valence-corrected chi connectivity index (χ3v) is 3.40. The van der Waals surface area contributed by atoms with Gasteiger partial charge in [-0.15, -0.1) is 0 Å². The largest absolute Gasteiger partial charge is 0.480 e. The summed E-state index contributed by atoms with van der Waals surface area (Å²) >= 11 is 1.55. The number of rotatable bonds is 6. The van der Waals surface area contributed by atoms with Crippen molar-refractivity contribution in [3.05, 3.63) is 11.8 Å². The molecule has 2 amide bonds. The van der Waals surface area contributed by atoms with Gasteiger partial charge in [-0.25, -0.2) is 9.59 Å². The second-order valence-corrected chi connectivity index (χ2v) is 5.19. The second kappa shape index (κ2) is 8.82. The van der Waals surface area contributed by atoms with Crippen molar-refractivity contribution in [2.24, 2.45) is 0 Å². The van der Waals surface area contributed by atoms with E-state index in [-0.39, 0.29) is 0 Å². The van der Waals surface area contributed by atoms with E-state index in [1.165, 1.54) is 0 Å². The maximum Gasteiger partial charge on any atom is 0.326 e. The van der Waals surface area contributed by atoms with Gasteiger partial charge in [-0.2, -0.15) is 11.8 Å². The molecule has 0 saturated carbocycles. The number of nitrogens with one attached hydrogen (secondary N) is 2. The topological polar surface area (TPSA) is 87.7 Å². The summed E-state index contributed by atoms with van der Waals surface area (Å²) in [6.45, 7) is 1.33. The summed E-state index contributed by atoms with van der Waals surface area (Å²) in [6, 6.07) is -1.33. The molecule has 1 atom stereocenters. The Labute approximate surface area is 117 Å². The molecule has 0 aliphatic carbocycles. The van der Waals surface area contributed by atoms with Gasteiger partial charge in [0.15, 0.2) is 0 Å². The minimum Gasteiger partial charge on any atom is -0.480 e. The molecule has 1 heterocycles. The molecule has 0 aromatic carbocycles. The molecule has 19 heavy (non-hydrogen) atoms. The first-order valence-electron chi connectivity index (χ1n) is 6.18. The summed E-state index contributed by atoms with van der Waals surface area (Å²) < 4.78 is 5.20. The maximum atomic E-state index is 11.6. The molecule has 1 saturated heterocycles. The number of amides is 2. The Balaban J connectivity index is 2.37. The fourth-order valence-corrected chi connectivity index (χ4v) is 2.11. The number of hydrogen-bond donors (Lipinski definition) is 3. The van der Waals surface area contributed by atoms with Gasteiger partial charge < -0.3 is 20.5 Å². The van der Waals surface area contributed by atoms with Crippen molar-refractivity contribution in [3.63, 3.8) is 0 Å². The Morgan fingerprint density at radius 2 is 2.16 bits per heavy atom. The van der Waals surface area contributed by atoms with Crippen LogP contribution in [0, 0.1) is 0 Å². The zero-order valence-electron chi connectivity index (χ0n) is 11.0. The minimum atomic E-state index is -1.01. The molecule has 0 spiro atoms. The molecule has 6 nitrogen and oxygen atoms in total.